The molecule has 3 rings (SSSR count). The Morgan fingerprint density at radius 1 is 1.26 bits per heavy atom. The predicted octanol–water partition coefficient (Wildman–Crippen LogP) is 5.75. The smallest absolute Gasteiger partial charge is 0.103 e. The van der Waals surface area contributed by atoms with Gasteiger partial charge in [0.05, 0.1) is 5.69 Å². The lowest BCUT2D eigenvalue weighted by molar-refractivity contribution is 0.886. The largest absolute Gasteiger partial charge is 0.240 e. The third-order valence-electron chi connectivity index (χ3n) is 3.45. The van der Waals surface area contributed by atoms with Crippen molar-refractivity contribution in [2.45, 2.75) is 36.7 Å². The zero-order valence-electron chi connectivity index (χ0n) is 10.6. The molecule has 0 atom stereocenters. The fourth-order valence-corrected chi connectivity index (χ4v) is 5.07. The number of hydrogen-bond donors (Lipinski definition) is 0. The first-order valence-electron chi connectivity index (χ1n) is 6.64. The molecular formula is C15H16BrNS2. The molecule has 1 fully saturated rings. The summed E-state index contributed by atoms with van der Waals surface area (Å²) in [6.45, 7) is 0. The third kappa shape index (κ3) is 3.41. The summed E-state index contributed by atoms with van der Waals surface area (Å²) >= 11 is 7.46. The van der Waals surface area contributed by atoms with Gasteiger partial charge in [-0.15, -0.1) is 11.3 Å². The van der Waals surface area contributed by atoms with Crippen LogP contribution >= 0.6 is 39.0 Å². The highest BCUT2D eigenvalue weighted by atomic mass is 79.9. The fraction of sp³-hybridized carbons (Fsp3) is 0.400. The summed E-state index contributed by atoms with van der Waals surface area (Å²) in [5.41, 5.74) is 2.29. The molecule has 1 aliphatic carbocycles. The quantitative estimate of drug-likeness (QED) is 0.693. The number of thioether (sulfide) groups is 1. The van der Waals surface area contributed by atoms with Gasteiger partial charge >= 0.3 is 0 Å². The van der Waals surface area contributed by atoms with E-state index in [9.17, 15) is 0 Å². The highest BCUT2D eigenvalue weighted by Crippen LogP contribution is 2.34. The molecule has 0 aliphatic heterocycles. The van der Waals surface area contributed by atoms with Crippen molar-refractivity contribution in [1.29, 1.82) is 0 Å². The lowest BCUT2D eigenvalue weighted by Crippen LogP contribution is -1.94. The Morgan fingerprint density at radius 3 is 2.84 bits per heavy atom. The molecule has 0 amide bonds. The molecule has 0 saturated heterocycles. The van der Waals surface area contributed by atoms with Crippen molar-refractivity contribution < 1.29 is 0 Å². The second-order valence-corrected chi connectivity index (χ2v) is 7.91. The van der Waals surface area contributed by atoms with Gasteiger partial charge in [0.1, 0.15) is 5.01 Å². The molecular weight excluding hydrogens is 338 g/mol. The van der Waals surface area contributed by atoms with Crippen LogP contribution in [0.15, 0.2) is 34.1 Å². The maximum atomic E-state index is 4.77. The van der Waals surface area contributed by atoms with Gasteiger partial charge in [0.15, 0.2) is 0 Å². The molecule has 0 unspecified atom stereocenters. The van der Waals surface area contributed by atoms with E-state index in [2.05, 4.69) is 51.3 Å². The number of nitrogens with zero attached hydrogens (tertiary/aromatic N) is 1. The van der Waals surface area contributed by atoms with Crippen LogP contribution in [0.1, 0.15) is 30.7 Å². The van der Waals surface area contributed by atoms with E-state index in [1.165, 1.54) is 36.3 Å². The molecule has 19 heavy (non-hydrogen) atoms. The normalized spacial score (nSPS) is 16.1. The topological polar surface area (TPSA) is 12.9 Å². The summed E-state index contributed by atoms with van der Waals surface area (Å²) in [5, 5.41) is 4.29. The SMILES string of the molecule is Brc1ccccc1-c1csc(CSC2CCCC2)n1. The molecule has 1 saturated carbocycles. The maximum absolute atomic E-state index is 4.77. The number of benzene rings is 1. The van der Waals surface area contributed by atoms with Crippen molar-refractivity contribution in [1.82, 2.24) is 4.98 Å². The van der Waals surface area contributed by atoms with Gasteiger partial charge in [-0.25, -0.2) is 4.98 Å². The molecule has 0 spiro atoms. The van der Waals surface area contributed by atoms with Crippen LogP contribution in [-0.4, -0.2) is 10.2 Å². The molecule has 1 aromatic heterocycles. The zero-order valence-corrected chi connectivity index (χ0v) is 13.9. The van der Waals surface area contributed by atoms with Gasteiger partial charge in [0.2, 0.25) is 0 Å². The molecule has 0 N–H and O–H groups in total. The Hall–Kier alpha value is -0.320. The number of rotatable bonds is 4. The lowest BCUT2D eigenvalue weighted by atomic mass is 10.2. The second kappa shape index (κ2) is 6.42. The van der Waals surface area contributed by atoms with Crippen molar-refractivity contribution in [3.63, 3.8) is 0 Å². The average molecular weight is 354 g/mol. The Bertz CT molecular complexity index is 547. The van der Waals surface area contributed by atoms with Crippen molar-refractivity contribution in [3.8, 4) is 11.3 Å². The summed E-state index contributed by atoms with van der Waals surface area (Å²) in [6, 6.07) is 8.29. The van der Waals surface area contributed by atoms with E-state index in [1.54, 1.807) is 11.3 Å². The van der Waals surface area contributed by atoms with E-state index in [0.717, 1.165) is 21.2 Å². The highest BCUT2D eigenvalue weighted by Gasteiger charge is 2.16. The summed E-state index contributed by atoms with van der Waals surface area (Å²) in [6.07, 6.45) is 5.62. The van der Waals surface area contributed by atoms with E-state index in [-0.39, 0.29) is 0 Å². The Morgan fingerprint density at radius 2 is 2.05 bits per heavy atom. The van der Waals surface area contributed by atoms with Crippen LogP contribution in [0.4, 0.5) is 0 Å². The first kappa shape index (κ1) is 13.7. The van der Waals surface area contributed by atoms with Gasteiger partial charge in [-0.3, -0.25) is 0 Å². The molecule has 0 radical (unpaired) electrons. The summed E-state index contributed by atoms with van der Waals surface area (Å²) in [7, 11) is 0. The maximum Gasteiger partial charge on any atom is 0.103 e. The van der Waals surface area contributed by atoms with Gasteiger partial charge in [0, 0.05) is 26.4 Å². The van der Waals surface area contributed by atoms with Crippen LogP contribution in [0.2, 0.25) is 0 Å². The van der Waals surface area contributed by atoms with Crippen LogP contribution in [0.3, 0.4) is 0 Å². The van der Waals surface area contributed by atoms with Crippen LogP contribution in [-0.2, 0) is 5.75 Å². The van der Waals surface area contributed by atoms with Gasteiger partial charge in [-0.2, -0.15) is 11.8 Å². The molecule has 1 aliphatic rings. The van der Waals surface area contributed by atoms with Gasteiger partial charge in [-0.1, -0.05) is 47.0 Å². The van der Waals surface area contributed by atoms with Crippen molar-refractivity contribution in [2.24, 2.45) is 0 Å². The van der Waals surface area contributed by atoms with E-state index in [0.29, 0.717) is 0 Å². The summed E-state index contributed by atoms with van der Waals surface area (Å²) in [5.74, 6) is 1.07. The minimum atomic E-state index is 0.871. The Labute approximate surface area is 131 Å². The zero-order chi connectivity index (χ0) is 13.1. The highest BCUT2D eigenvalue weighted by molar-refractivity contribution is 9.10. The van der Waals surface area contributed by atoms with Crippen molar-refractivity contribution in [3.05, 3.63) is 39.1 Å². The lowest BCUT2D eigenvalue weighted by Gasteiger charge is -2.06. The van der Waals surface area contributed by atoms with E-state index in [1.807, 2.05) is 6.07 Å². The first-order valence-corrected chi connectivity index (χ1v) is 9.36. The number of aromatic nitrogens is 1. The minimum Gasteiger partial charge on any atom is -0.240 e. The van der Waals surface area contributed by atoms with Gasteiger partial charge in [-0.05, 0) is 18.9 Å². The first-order chi connectivity index (χ1) is 9.33. The predicted molar refractivity (Wildman–Crippen MR) is 88.8 cm³/mol. The monoisotopic (exact) mass is 353 g/mol. The van der Waals surface area contributed by atoms with Crippen LogP contribution in [0, 0.1) is 0 Å². The van der Waals surface area contributed by atoms with E-state index < -0.39 is 0 Å². The Balaban J connectivity index is 1.67. The van der Waals surface area contributed by atoms with Crippen molar-refractivity contribution >= 4 is 39.0 Å². The van der Waals surface area contributed by atoms with Crippen LogP contribution in [0.25, 0.3) is 11.3 Å². The fourth-order valence-electron chi connectivity index (χ4n) is 2.41. The molecule has 1 heterocycles. The van der Waals surface area contributed by atoms with Crippen molar-refractivity contribution in [2.75, 3.05) is 0 Å². The van der Waals surface area contributed by atoms with Crippen LogP contribution in [0.5, 0.6) is 0 Å². The van der Waals surface area contributed by atoms with E-state index >= 15 is 0 Å². The molecule has 1 nitrogen and oxygen atoms in total. The standard InChI is InChI=1S/C15H16BrNS2/c16-13-8-4-3-7-12(13)14-9-19-15(17-14)10-18-11-5-1-2-6-11/h3-4,7-9,11H,1-2,5-6,10H2. The number of thiazole rings is 1. The molecule has 0 bridgehead atoms. The van der Waals surface area contributed by atoms with Crippen LogP contribution < -0.4 is 0 Å². The van der Waals surface area contributed by atoms with E-state index in [4.69, 9.17) is 4.98 Å². The molecule has 1 aromatic carbocycles. The summed E-state index contributed by atoms with van der Waals surface area (Å²) in [4.78, 5) is 4.77. The molecule has 100 valence electrons. The number of hydrogen-bond acceptors (Lipinski definition) is 3. The molecule has 4 heteroatoms. The minimum absolute atomic E-state index is 0.871. The van der Waals surface area contributed by atoms with Gasteiger partial charge < -0.3 is 0 Å². The summed E-state index contributed by atoms with van der Waals surface area (Å²) < 4.78 is 1.12. The average Bonchev–Trinajstić information content (AvgIpc) is 3.08. The number of halogens is 1. The van der Waals surface area contributed by atoms with Gasteiger partial charge in [0.25, 0.3) is 0 Å². The Kier molecular flexibility index (Phi) is 4.61. The third-order valence-corrected chi connectivity index (χ3v) is 6.55. The molecule has 2 aromatic rings. The second-order valence-electron chi connectivity index (χ2n) is 4.82.